The number of carbonyl (C=O) groups excluding carboxylic acids is 2. The molecule has 3 rings (SSSR count). The van der Waals surface area contributed by atoms with Crippen LogP contribution < -0.4 is 25.7 Å². The predicted octanol–water partition coefficient (Wildman–Crippen LogP) is 2.07. The van der Waals surface area contributed by atoms with Crippen LogP contribution in [0.3, 0.4) is 0 Å². The minimum Gasteiger partial charge on any atom is -0.496 e. The lowest BCUT2D eigenvalue weighted by molar-refractivity contribution is -0.119. The SMILES string of the molecule is COc1ccccc1-c1ccc(=O)n(CC(=O)Nc2ccc(OCCNC(C)=O)cc2)n1. The fourth-order valence-electron chi connectivity index (χ4n) is 2.93. The number of nitrogens with one attached hydrogen (secondary N) is 2. The van der Waals surface area contributed by atoms with E-state index in [-0.39, 0.29) is 18.0 Å². The second-order valence-electron chi connectivity index (χ2n) is 6.82. The number of ether oxygens (including phenoxy) is 2. The zero-order chi connectivity index (χ0) is 22.9. The van der Waals surface area contributed by atoms with Crippen LogP contribution >= 0.6 is 0 Å². The highest BCUT2D eigenvalue weighted by atomic mass is 16.5. The van der Waals surface area contributed by atoms with E-state index in [1.54, 1.807) is 43.5 Å². The van der Waals surface area contributed by atoms with E-state index in [0.717, 1.165) is 10.2 Å². The lowest BCUT2D eigenvalue weighted by atomic mass is 10.1. The Labute approximate surface area is 185 Å². The van der Waals surface area contributed by atoms with Crippen molar-refractivity contribution in [3.8, 4) is 22.8 Å². The summed E-state index contributed by atoms with van der Waals surface area (Å²) in [5, 5.41) is 9.69. The average molecular weight is 436 g/mol. The molecule has 0 saturated carbocycles. The largest absolute Gasteiger partial charge is 0.496 e. The van der Waals surface area contributed by atoms with Crippen molar-refractivity contribution in [2.24, 2.45) is 0 Å². The van der Waals surface area contributed by atoms with Crippen LogP contribution in [0, 0.1) is 0 Å². The molecule has 0 atom stereocenters. The van der Waals surface area contributed by atoms with E-state index in [1.165, 1.54) is 13.0 Å². The van der Waals surface area contributed by atoms with E-state index in [2.05, 4.69) is 15.7 Å². The molecule has 2 N–H and O–H groups in total. The van der Waals surface area contributed by atoms with Crippen molar-refractivity contribution in [3.05, 3.63) is 71.0 Å². The monoisotopic (exact) mass is 436 g/mol. The number of para-hydroxylation sites is 1. The van der Waals surface area contributed by atoms with E-state index < -0.39 is 5.91 Å². The third-order valence-electron chi connectivity index (χ3n) is 4.43. The molecule has 0 unspecified atom stereocenters. The smallest absolute Gasteiger partial charge is 0.267 e. The summed E-state index contributed by atoms with van der Waals surface area (Å²) in [7, 11) is 1.56. The molecule has 32 heavy (non-hydrogen) atoms. The lowest BCUT2D eigenvalue weighted by Crippen LogP contribution is -2.29. The Hall–Kier alpha value is -4.14. The molecule has 2 amide bonds. The van der Waals surface area contributed by atoms with Crippen LogP contribution in [0.2, 0.25) is 0 Å². The molecule has 1 aromatic heterocycles. The summed E-state index contributed by atoms with van der Waals surface area (Å²) in [6.45, 7) is 1.94. The van der Waals surface area contributed by atoms with Gasteiger partial charge in [-0.25, -0.2) is 4.68 Å². The number of hydrogen-bond donors (Lipinski definition) is 2. The van der Waals surface area contributed by atoms with Crippen molar-refractivity contribution >= 4 is 17.5 Å². The molecule has 0 aliphatic carbocycles. The molecule has 0 spiro atoms. The summed E-state index contributed by atoms with van der Waals surface area (Å²) < 4.78 is 12.0. The number of aromatic nitrogens is 2. The van der Waals surface area contributed by atoms with Gasteiger partial charge in [-0.1, -0.05) is 12.1 Å². The summed E-state index contributed by atoms with van der Waals surface area (Å²) in [4.78, 5) is 35.5. The molecule has 0 aliphatic heterocycles. The molecule has 0 fully saturated rings. The standard InChI is InChI=1S/C23H24N4O5/c1-16(28)24-13-14-32-18-9-7-17(8-10-18)25-22(29)15-27-23(30)12-11-20(26-27)19-5-3-4-6-21(19)31-2/h3-12H,13-15H2,1-2H3,(H,24,28)(H,25,29). The molecule has 0 bridgehead atoms. The van der Waals surface area contributed by atoms with Crippen LogP contribution in [-0.4, -0.2) is 41.9 Å². The zero-order valence-electron chi connectivity index (χ0n) is 17.8. The van der Waals surface area contributed by atoms with Crippen molar-refractivity contribution in [1.82, 2.24) is 15.1 Å². The Kier molecular flexibility index (Phi) is 7.58. The van der Waals surface area contributed by atoms with Crippen LogP contribution in [0.25, 0.3) is 11.3 Å². The van der Waals surface area contributed by atoms with Gasteiger partial charge >= 0.3 is 0 Å². The molecule has 2 aromatic carbocycles. The molecule has 166 valence electrons. The first-order valence-electron chi connectivity index (χ1n) is 9.95. The van der Waals surface area contributed by atoms with Crippen LogP contribution in [0.4, 0.5) is 5.69 Å². The van der Waals surface area contributed by atoms with E-state index in [9.17, 15) is 14.4 Å². The highest BCUT2D eigenvalue weighted by Gasteiger charge is 2.11. The number of hydrogen-bond acceptors (Lipinski definition) is 6. The van der Waals surface area contributed by atoms with Crippen molar-refractivity contribution in [2.45, 2.75) is 13.5 Å². The molecule has 3 aromatic rings. The zero-order valence-corrected chi connectivity index (χ0v) is 17.8. The van der Waals surface area contributed by atoms with Gasteiger partial charge in [-0.3, -0.25) is 14.4 Å². The highest BCUT2D eigenvalue weighted by Crippen LogP contribution is 2.27. The minimum atomic E-state index is -0.392. The van der Waals surface area contributed by atoms with Gasteiger partial charge in [0.05, 0.1) is 19.3 Å². The van der Waals surface area contributed by atoms with Gasteiger partial charge in [0.1, 0.15) is 24.7 Å². The molecular formula is C23H24N4O5. The second kappa shape index (κ2) is 10.8. The number of amides is 2. The topological polar surface area (TPSA) is 112 Å². The fourth-order valence-corrected chi connectivity index (χ4v) is 2.93. The van der Waals surface area contributed by atoms with Gasteiger partial charge in [0, 0.05) is 24.2 Å². The Morgan fingerprint density at radius 1 is 1.03 bits per heavy atom. The Morgan fingerprint density at radius 3 is 2.50 bits per heavy atom. The molecule has 9 heteroatoms. The predicted molar refractivity (Wildman–Crippen MR) is 120 cm³/mol. The number of carbonyl (C=O) groups is 2. The summed E-state index contributed by atoms with van der Waals surface area (Å²) >= 11 is 0. The van der Waals surface area contributed by atoms with Gasteiger partial charge < -0.3 is 20.1 Å². The summed E-state index contributed by atoms with van der Waals surface area (Å²) in [6, 6.07) is 17.1. The van der Waals surface area contributed by atoms with Crippen molar-refractivity contribution in [2.75, 3.05) is 25.6 Å². The summed E-state index contributed by atoms with van der Waals surface area (Å²) in [5.74, 6) is 0.717. The molecule has 0 radical (unpaired) electrons. The van der Waals surface area contributed by atoms with Crippen LogP contribution in [0.15, 0.2) is 65.5 Å². The Balaban J connectivity index is 1.62. The molecule has 1 heterocycles. The number of nitrogens with zero attached hydrogens (tertiary/aromatic N) is 2. The van der Waals surface area contributed by atoms with Gasteiger partial charge in [-0.2, -0.15) is 5.10 Å². The van der Waals surface area contributed by atoms with Crippen molar-refractivity contribution in [1.29, 1.82) is 0 Å². The second-order valence-corrected chi connectivity index (χ2v) is 6.82. The maximum atomic E-state index is 12.5. The van der Waals surface area contributed by atoms with Crippen molar-refractivity contribution < 1.29 is 19.1 Å². The van der Waals surface area contributed by atoms with Crippen LogP contribution in [0.5, 0.6) is 11.5 Å². The van der Waals surface area contributed by atoms with E-state index in [4.69, 9.17) is 9.47 Å². The van der Waals surface area contributed by atoms with E-state index in [0.29, 0.717) is 36.0 Å². The first kappa shape index (κ1) is 22.5. The van der Waals surface area contributed by atoms with Gasteiger partial charge in [0.15, 0.2) is 0 Å². The van der Waals surface area contributed by atoms with E-state index in [1.807, 2.05) is 18.2 Å². The fraction of sp³-hybridized carbons (Fsp3) is 0.217. The quantitative estimate of drug-likeness (QED) is 0.497. The molecule has 0 saturated heterocycles. The third kappa shape index (κ3) is 6.18. The Morgan fingerprint density at radius 2 is 1.78 bits per heavy atom. The summed E-state index contributed by atoms with van der Waals surface area (Å²) in [6.07, 6.45) is 0. The maximum absolute atomic E-state index is 12.5. The Bertz CT molecular complexity index is 1140. The number of rotatable bonds is 9. The maximum Gasteiger partial charge on any atom is 0.267 e. The first-order chi connectivity index (χ1) is 15.5. The molecular weight excluding hydrogens is 412 g/mol. The first-order valence-corrected chi connectivity index (χ1v) is 9.95. The number of methoxy groups -OCH3 is 1. The van der Waals surface area contributed by atoms with Gasteiger partial charge in [-0.05, 0) is 42.5 Å². The van der Waals surface area contributed by atoms with Crippen molar-refractivity contribution in [3.63, 3.8) is 0 Å². The van der Waals surface area contributed by atoms with Gasteiger partial charge in [0.25, 0.3) is 5.56 Å². The highest BCUT2D eigenvalue weighted by molar-refractivity contribution is 5.90. The molecule has 0 aliphatic rings. The minimum absolute atomic E-state index is 0.117. The molecule has 9 nitrogen and oxygen atoms in total. The van der Waals surface area contributed by atoms with Crippen LogP contribution in [0.1, 0.15) is 6.92 Å². The average Bonchev–Trinajstić information content (AvgIpc) is 2.79. The normalized spacial score (nSPS) is 10.3. The summed E-state index contributed by atoms with van der Waals surface area (Å²) in [5.41, 5.74) is 1.41. The number of anilines is 1. The van der Waals surface area contributed by atoms with Crippen LogP contribution in [-0.2, 0) is 16.1 Å². The third-order valence-corrected chi connectivity index (χ3v) is 4.43. The van der Waals surface area contributed by atoms with E-state index >= 15 is 0 Å². The van der Waals surface area contributed by atoms with Gasteiger partial charge in [0.2, 0.25) is 11.8 Å². The van der Waals surface area contributed by atoms with Gasteiger partial charge in [-0.15, -0.1) is 0 Å². The lowest BCUT2D eigenvalue weighted by Gasteiger charge is -2.11. The number of benzene rings is 2.